The highest BCUT2D eigenvalue weighted by Crippen LogP contribution is 2.38. The fourth-order valence-electron chi connectivity index (χ4n) is 3.06. The summed E-state index contributed by atoms with van der Waals surface area (Å²) in [4.78, 5) is 25.0. The van der Waals surface area contributed by atoms with Crippen molar-refractivity contribution in [1.82, 2.24) is 0 Å². The summed E-state index contributed by atoms with van der Waals surface area (Å²) >= 11 is 5.95. The van der Waals surface area contributed by atoms with Gasteiger partial charge in [0.1, 0.15) is 0 Å². The SMILES string of the molecule is CC(=O)c1cc2c(cc1NC(=O)[C@H](c1ccc(Cl)cc1)C(C)C)OCO2. The molecule has 0 fully saturated rings. The Morgan fingerprint density at radius 2 is 1.69 bits per heavy atom. The number of hydrogen-bond acceptors (Lipinski definition) is 4. The molecule has 2 aromatic rings. The second-order valence-electron chi connectivity index (χ2n) is 6.57. The molecule has 1 N–H and O–H groups in total. The molecule has 0 saturated carbocycles. The van der Waals surface area contributed by atoms with E-state index < -0.39 is 0 Å². The third kappa shape index (κ3) is 3.68. The van der Waals surface area contributed by atoms with E-state index in [1.165, 1.54) is 6.92 Å². The molecular weight excluding hydrogens is 354 g/mol. The molecule has 0 spiro atoms. The second kappa shape index (κ2) is 7.38. The number of halogens is 1. The van der Waals surface area contributed by atoms with E-state index in [-0.39, 0.29) is 30.3 Å². The van der Waals surface area contributed by atoms with Crippen LogP contribution in [0.5, 0.6) is 11.5 Å². The van der Waals surface area contributed by atoms with Crippen LogP contribution in [0.2, 0.25) is 5.02 Å². The Kier molecular flexibility index (Phi) is 5.18. The van der Waals surface area contributed by atoms with Gasteiger partial charge in [-0.2, -0.15) is 0 Å². The zero-order valence-electron chi connectivity index (χ0n) is 14.8. The first-order valence-electron chi connectivity index (χ1n) is 8.37. The van der Waals surface area contributed by atoms with Crippen molar-refractivity contribution in [2.24, 2.45) is 5.92 Å². The van der Waals surface area contributed by atoms with Gasteiger partial charge < -0.3 is 14.8 Å². The molecular formula is C20H20ClNO4. The van der Waals surface area contributed by atoms with Crippen molar-refractivity contribution < 1.29 is 19.1 Å². The number of ether oxygens (including phenoxy) is 2. The lowest BCUT2D eigenvalue weighted by Crippen LogP contribution is -2.26. The van der Waals surface area contributed by atoms with Crippen LogP contribution in [-0.4, -0.2) is 18.5 Å². The number of rotatable bonds is 5. The molecule has 0 bridgehead atoms. The second-order valence-corrected chi connectivity index (χ2v) is 7.01. The van der Waals surface area contributed by atoms with E-state index in [4.69, 9.17) is 21.1 Å². The normalized spacial score (nSPS) is 13.6. The largest absolute Gasteiger partial charge is 0.454 e. The van der Waals surface area contributed by atoms with Crippen LogP contribution in [-0.2, 0) is 4.79 Å². The molecule has 0 unspecified atom stereocenters. The minimum Gasteiger partial charge on any atom is -0.454 e. The quantitative estimate of drug-likeness (QED) is 0.775. The molecule has 0 aliphatic carbocycles. The first-order chi connectivity index (χ1) is 12.4. The van der Waals surface area contributed by atoms with Crippen molar-refractivity contribution in [3.05, 3.63) is 52.5 Å². The molecule has 0 saturated heterocycles. The minimum atomic E-state index is -0.377. The standard InChI is InChI=1S/C20H20ClNO4/c1-11(2)19(13-4-6-14(21)7-5-13)20(24)22-16-9-18-17(25-10-26-18)8-15(16)12(3)23/h4-9,11,19H,10H2,1-3H3,(H,22,24)/t19-/m0/s1. The van der Waals surface area contributed by atoms with Crippen molar-refractivity contribution in [3.63, 3.8) is 0 Å². The number of benzene rings is 2. The van der Waals surface area contributed by atoms with Gasteiger partial charge in [0.15, 0.2) is 17.3 Å². The average molecular weight is 374 g/mol. The van der Waals surface area contributed by atoms with Gasteiger partial charge in [-0.25, -0.2) is 0 Å². The van der Waals surface area contributed by atoms with E-state index in [0.29, 0.717) is 27.8 Å². The Morgan fingerprint density at radius 1 is 1.08 bits per heavy atom. The van der Waals surface area contributed by atoms with Crippen LogP contribution < -0.4 is 14.8 Å². The highest BCUT2D eigenvalue weighted by Gasteiger charge is 2.27. The Bertz CT molecular complexity index is 846. The van der Waals surface area contributed by atoms with Crippen LogP contribution in [0, 0.1) is 5.92 Å². The molecule has 1 aliphatic heterocycles. The summed E-state index contributed by atoms with van der Waals surface area (Å²) in [6, 6.07) is 10.5. The van der Waals surface area contributed by atoms with Crippen molar-refractivity contribution in [3.8, 4) is 11.5 Å². The maximum Gasteiger partial charge on any atom is 0.232 e. The molecule has 1 aliphatic rings. The van der Waals surface area contributed by atoms with E-state index in [9.17, 15) is 9.59 Å². The Balaban J connectivity index is 1.92. The molecule has 26 heavy (non-hydrogen) atoms. The highest BCUT2D eigenvalue weighted by atomic mass is 35.5. The first kappa shape index (κ1) is 18.3. The Morgan fingerprint density at radius 3 is 2.27 bits per heavy atom. The molecule has 3 rings (SSSR count). The molecule has 5 nitrogen and oxygen atoms in total. The predicted molar refractivity (Wildman–Crippen MR) is 100 cm³/mol. The number of nitrogens with one attached hydrogen (secondary N) is 1. The molecule has 0 radical (unpaired) electrons. The monoisotopic (exact) mass is 373 g/mol. The minimum absolute atomic E-state index is 0.0611. The van der Waals surface area contributed by atoms with Gasteiger partial charge in [-0.3, -0.25) is 9.59 Å². The number of amides is 1. The molecule has 6 heteroatoms. The van der Waals surface area contributed by atoms with E-state index in [2.05, 4.69) is 5.32 Å². The van der Waals surface area contributed by atoms with Crippen molar-refractivity contribution in [1.29, 1.82) is 0 Å². The lowest BCUT2D eigenvalue weighted by molar-refractivity contribution is -0.118. The van der Waals surface area contributed by atoms with Crippen molar-refractivity contribution in [2.75, 3.05) is 12.1 Å². The molecule has 2 aromatic carbocycles. The summed E-state index contributed by atoms with van der Waals surface area (Å²) in [5, 5.41) is 3.50. The van der Waals surface area contributed by atoms with Gasteiger partial charge in [0.25, 0.3) is 0 Å². The summed E-state index contributed by atoms with van der Waals surface area (Å²) in [7, 11) is 0. The van der Waals surface area contributed by atoms with Gasteiger partial charge in [-0.1, -0.05) is 37.6 Å². The fraction of sp³-hybridized carbons (Fsp3) is 0.300. The molecule has 1 heterocycles. The number of Topliss-reactive ketones (excluding diaryl/α,β-unsaturated/α-hetero) is 1. The van der Waals surface area contributed by atoms with Gasteiger partial charge in [-0.05, 0) is 36.6 Å². The van der Waals surface area contributed by atoms with Gasteiger partial charge in [0.2, 0.25) is 12.7 Å². The number of fused-ring (bicyclic) bond motifs is 1. The topological polar surface area (TPSA) is 64.6 Å². The number of anilines is 1. The lowest BCUT2D eigenvalue weighted by Gasteiger charge is -2.21. The van der Waals surface area contributed by atoms with Crippen molar-refractivity contribution >= 4 is 29.0 Å². The molecule has 1 atom stereocenters. The third-order valence-corrected chi connectivity index (χ3v) is 4.58. The first-order valence-corrected chi connectivity index (χ1v) is 8.75. The molecule has 136 valence electrons. The van der Waals surface area contributed by atoms with Crippen LogP contribution in [0.4, 0.5) is 5.69 Å². The van der Waals surface area contributed by atoms with Gasteiger partial charge in [-0.15, -0.1) is 0 Å². The zero-order valence-corrected chi connectivity index (χ0v) is 15.6. The fourth-order valence-corrected chi connectivity index (χ4v) is 3.18. The van der Waals surface area contributed by atoms with Crippen LogP contribution in [0.25, 0.3) is 0 Å². The maximum absolute atomic E-state index is 13.0. The van der Waals surface area contributed by atoms with E-state index in [1.54, 1.807) is 24.3 Å². The number of ketones is 1. The number of carbonyl (C=O) groups excluding carboxylic acids is 2. The smallest absolute Gasteiger partial charge is 0.232 e. The van der Waals surface area contributed by atoms with Crippen LogP contribution in [0.1, 0.15) is 42.6 Å². The number of carbonyl (C=O) groups is 2. The van der Waals surface area contributed by atoms with Crippen LogP contribution >= 0.6 is 11.6 Å². The highest BCUT2D eigenvalue weighted by molar-refractivity contribution is 6.30. The summed E-state index contributed by atoms with van der Waals surface area (Å²) < 4.78 is 10.7. The van der Waals surface area contributed by atoms with E-state index in [0.717, 1.165) is 5.56 Å². The summed E-state index contributed by atoms with van der Waals surface area (Å²) in [5.74, 6) is 0.350. The Hall–Kier alpha value is -2.53. The zero-order chi connectivity index (χ0) is 18.8. The summed E-state index contributed by atoms with van der Waals surface area (Å²) in [6.07, 6.45) is 0. The maximum atomic E-state index is 13.0. The lowest BCUT2D eigenvalue weighted by atomic mass is 9.87. The predicted octanol–water partition coefficient (Wildman–Crippen LogP) is 4.65. The van der Waals surface area contributed by atoms with E-state index in [1.807, 2.05) is 26.0 Å². The van der Waals surface area contributed by atoms with Gasteiger partial charge in [0, 0.05) is 16.7 Å². The third-order valence-electron chi connectivity index (χ3n) is 4.33. The Labute approximate surface area is 157 Å². The number of hydrogen-bond donors (Lipinski definition) is 1. The van der Waals surface area contributed by atoms with Crippen LogP contribution in [0.3, 0.4) is 0 Å². The van der Waals surface area contributed by atoms with E-state index >= 15 is 0 Å². The van der Waals surface area contributed by atoms with Gasteiger partial charge >= 0.3 is 0 Å². The molecule has 0 aromatic heterocycles. The average Bonchev–Trinajstić information content (AvgIpc) is 3.03. The van der Waals surface area contributed by atoms with Crippen LogP contribution in [0.15, 0.2) is 36.4 Å². The van der Waals surface area contributed by atoms with Crippen molar-refractivity contribution in [2.45, 2.75) is 26.7 Å². The van der Waals surface area contributed by atoms with Gasteiger partial charge in [0.05, 0.1) is 11.6 Å². The summed E-state index contributed by atoms with van der Waals surface area (Å²) in [5.41, 5.74) is 1.68. The summed E-state index contributed by atoms with van der Waals surface area (Å²) in [6.45, 7) is 5.50. The molecule has 1 amide bonds.